The van der Waals surface area contributed by atoms with Crippen molar-refractivity contribution in [1.29, 1.82) is 0 Å². The molecule has 0 fully saturated rings. The van der Waals surface area contributed by atoms with E-state index in [2.05, 4.69) is 64.0 Å². The van der Waals surface area contributed by atoms with Crippen molar-refractivity contribution in [3.8, 4) is 0 Å². The van der Waals surface area contributed by atoms with Crippen molar-refractivity contribution >= 4 is 33.6 Å². The molecular weight excluding hydrogens is 334 g/mol. The Hall–Kier alpha value is -1.95. The standard InChI is InChI=1S/C19H19N3S2/c1-13-15-6-2-3-7-16(15)22-18(13)12-21-17(19-20-8-10-24-19)11-14-5-4-9-23-14/h2-10,17,21-22H,11-12H2,1H3. The zero-order valence-corrected chi connectivity index (χ0v) is 15.1. The Kier molecular flexibility index (Phi) is 4.47. The first-order chi connectivity index (χ1) is 11.8. The van der Waals surface area contributed by atoms with Crippen LogP contribution in [0, 0.1) is 6.92 Å². The van der Waals surface area contributed by atoms with Gasteiger partial charge in [0.1, 0.15) is 5.01 Å². The van der Waals surface area contributed by atoms with Gasteiger partial charge in [-0.2, -0.15) is 0 Å². The summed E-state index contributed by atoms with van der Waals surface area (Å²) in [6.45, 7) is 3.00. The minimum absolute atomic E-state index is 0.245. The summed E-state index contributed by atoms with van der Waals surface area (Å²) in [4.78, 5) is 9.46. The molecule has 24 heavy (non-hydrogen) atoms. The lowest BCUT2D eigenvalue weighted by Gasteiger charge is -2.16. The number of fused-ring (bicyclic) bond motifs is 1. The molecule has 0 saturated carbocycles. The van der Waals surface area contributed by atoms with Crippen LogP contribution in [0.3, 0.4) is 0 Å². The number of rotatable bonds is 6. The molecule has 122 valence electrons. The fourth-order valence-electron chi connectivity index (χ4n) is 3.02. The van der Waals surface area contributed by atoms with Crippen LogP contribution in [-0.4, -0.2) is 9.97 Å². The molecule has 0 aliphatic rings. The van der Waals surface area contributed by atoms with Gasteiger partial charge in [-0.05, 0) is 30.0 Å². The Morgan fingerprint density at radius 1 is 1.12 bits per heavy atom. The second-order valence-electron chi connectivity index (χ2n) is 5.86. The molecule has 0 radical (unpaired) electrons. The van der Waals surface area contributed by atoms with Crippen molar-refractivity contribution < 1.29 is 0 Å². The van der Waals surface area contributed by atoms with Gasteiger partial charge in [0.25, 0.3) is 0 Å². The van der Waals surface area contributed by atoms with Crippen molar-refractivity contribution in [2.45, 2.75) is 25.9 Å². The zero-order chi connectivity index (χ0) is 16.4. The molecular formula is C19H19N3S2. The van der Waals surface area contributed by atoms with Crippen molar-refractivity contribution in [3.63, 3.8) is 0 Å². The number of hydrogen-bond acceptors (Lipinski definition) is 4. The second-order valence-corrected chi connectivity index (χ2v) is 7.82. The van der Waals surface area contributed by atoms with Gasteiger partial charge in [0.2, 0.25) is 0 Å². The molecule has 4 aromatic rings. The Labute approximate surface area is 149 Å². The summed E-state index contributed by atoms with van der Waals surface area (Å²) in [5.41, 5.74) is 3.78. The van der Waals surface area contributed by atoms with E-state index in [4.69, 9.17) is 0 Å². The number of benzene rings is 1. The van der Waals surface area contributed by atoms with Gasteiger partial charge in [-0.15, -0.1) is 22.7 Å². The predicted molar refractivity (Wildman–Crippen MR) is 103 cm³/mol. The van der Waals surface area contributed by atoms with E-state index in [1.807, 2.05) is 11.6 Å². The summed E-state index contributed by atoms with van der Waals surface area (Å²) in [6.07, 6.45) is 2.86. The molecule has 0 amide bonds. The number of nitrogens with zero attached hydrogens (tertiary/aromatic N) is 1. The average molecular weight is 354 g/mol. The molecule has 1 unspecified atom stereocenters. The Bertz CT molecular complexity index is 908. The highest BCUT2D eigenvalue weighted by molar-refractivity contribution is 7.10. The van der Waals surface area contributed by atoms with E-state index in [9.17, 15) is 0 Å². The van der Waals surface area contributed by atoms with Crippen LogP contribution in [0.2, 0.25) is 0 Å². The monoisotopic (exact) mass is 353 g/mol. The van der Waals surface area contributed by atoms with E-state index in [1.54, 1.807) is 22.7 Å². The molecule has 1 atom stereocenters. The third-order valence-corrected chi connectivity index (χ3v) is 6.12. The second kappa shape index (κ2) is 6.89. The molecule has 2 N–H and O–H groups in total. The number of thiazole rings is 1. The van der Waals surface area contributed by atoms with E-state index >= 15 is 0 Å². The highest BCUT2D eigenvalue weighted by atomic mass is 32.1. The van der Waals surface area contributed by atoms with Crippen molar-refractivity contribution in [1.82, 2.24) is 15.3 Å². The smallest absolute Gasteiger partial charge is 0.110 e. The van der Waals surface area contributed by atoms with Crippen LogP contribution in [0.5, 0.6) is 0 Å². The number of hydrogen-bond donors (Lipinski definition) is 2. The molecule has 5 heteroatoms. The summed E-state index contributed by atoms with van der Waals surface area (Å²) in [5.74, 6) is 0. The molecule has 4 rings (SSSR count). The Balaban J connectivity index is 1.55. The topological polar surface area (TPSA) is 40.7 Å². The molecule has 0 aliphatic heterocycles. The zero-order valence-electron chi connectivity index (χ0n) is 13.5. The molecule has 0 bridgehead atoms. The molecule has 0 aliphatic carbocycles. The normalized spacial score (nSPS) is 12.7. The molecule has 3 nitrogen and oxygen atoms in total. The van der Waals surface area contributed by atoms with E-state index in [1.165, 1.54) is 27.0 Å². The number of para-hydroxylation sites is 1. The third-order valence-electron chi connectivity index (χ3n) is 4.33. The quantitative estimate of drug-likeness (QED) is 0.508. The van der Waals surface area contributed by atoms with Gasteiger partial charge in [0, 0.05) is 46.0 Å². The van der Waals surface area contributed by atoms with Crippen molar-refractivity contribution in [3.05, 3.63) is 74.5 Å². The maximum atomic E-state index is 4.53. The van der Waals surface area contributed by atoms with E-state index in [-0.39, 0.29) is 6.04 Å². The average Bonchev–Trinajstić information content (AvgIpc) is 3.34. The van der Waals surface area contributed by atoms with E-state index in [0.29, 0.717) is 0 Å². The summed E-state index contributed by atoms with van der Waals surface area (Å²) < 4.78 is 0. The molecule has 0 saturated heterocycles. The van der Waals surface area contributed by atoms with E-state index < -0.39 is 0 Å². The maximum absolute atomic E-state index is 4.53. The van der Waals surface area contributed by atoms with Gasteiger partial charge in [-0.3, -0.25) is 0 Å². The molecule has 3 heterocycles. The minimum atomic E-state index is 0.245. The SMILES string of the molecule is Cc1c(CNC(Cc2cccs2)c2nccs2)[nH]c2ccccc12. The van der Waals surface area contributed by atoms with Crippen molar-refractivity contribution in [2.75, 3.05) is 0 Å². The van der Waals surface area contributed by atoms with Crippen LogP contribution < -0.4 is 5.32 Å². The number of thiophene rings is 1. The molecule has 3 aromatic heterocycles. The lowest BCUT2D eigenvalue weighted by Crippen LogP contribution is -2.23. The Morgan fingerprint density at radius 3 is 2.79 bits per heavy atom. The van der Waals surface area contributed by atoms with Gasteiger partial charge in [0.05, 0.1) is 6.04 Å². The van der Waals surface area contributed by atoms with Crippen LogP contribution in [-0.2, 0) is 13.0 Å². The van der Waals surface area contributed by atoms with Gasteiger partial charge < -0.3 is 10.3 Å². The highest BCUT2D eigenvalue weighted by Gasteiger charge is 2.16. The predicted octanol–water partition coefficient (Wildman–Crippen LogP) is 5.07. The first-order valence-corrected chi connectivity index (χ1v) is 9.78. The van der Waals surface area contributed by atoms with Gasteiger partial charge in [-0.1, -0.05) is 24.3 Å². The van der Waals surface area contributed by atoms with Crippen molar-refractivity contribution in [2.24, 2.45) is 0 Å². The van der Waals surface area contributed by atoms with Gasteiger partial charge >= 0.3 is 0 Å². The summed E-state index contributed by atoms with van der Waals surface area (Å²) in [7, 11) is 0. The van der Waals surface area contributed by atoms with Gasteiger partial charge in [-0.25, -0.2) is 4.98 Å². The molecule has 0 spiro atoms. The number of H-pyrrole nitrogens is 1. The number of aromatic amines is 1. The first-order valence-electron chi connectivity index (χ1n) is 8.02. The maximum Gasteiger partial charge on any atom is 0.110 e. The lowest BCUT2D eigenvalue weighted by molar-refractivity contribution is 0.526. The number of nitrogens with one attached hydrogen (secondary N) is 2. The fourth-order valence-corrected chi connectivity index (χ4v) is 4.49. The van der Waals surface area contributed by atoms with E-state index in [0.717, 1.165) is 18.0 Å². The molecule has 1 aromatic carbocycles. The fraction of sp³-hybridized carbons (Fsp3) is 0.211. The van der Waals surface area contributed by atoms with Crippen LogP contribution in [0.1, 0.15) is 27.2 Å². The lowest BCUT2D eigenvalue weighted by atomic mass is 10.1. The highest BCUT2D eigenvalue weighted by Crippen LogP contribution is 2.25. The number of aryl methyl sites for hydroxylation is 1. The summed E-state index contributed by atoms with van der Waals surface area (Å²) in [5, 5.41) is 10.3. The summed E-state index contributed by atoms with van der Waals surface area (Å²) >= 11 is 3.52. The summed E-state index contributed by atoms with van der Waals surface area (Å²) in [6, 6.07) is 13.0. The first kappa shape index (κ1) is 15.6. The third kappa shape index (κ3) is 3.15. The largest absolute Gasteiger partial charge is 0.357 e. The minimum Gasteiger partial charge on any atom is -0.357 e. The van der Waals surface area contributed by atoms with Gasteiger partial charge in [0.15, 0.2) is 0 Å². The number of aromatic nitrogens is 2. The van der Waals surface area contributed by atoms with Crippen LogP contribution in [0.25, 0.3) is 10.9 Å². The van der Waals surface area contributed by atoms with Crippen LogP contribution in [0.15, 0.2) is 53.4 Å². The Morgan fingerprint density at radius 2 is 2.04 bits per heavy atom. The van der Waals surface area contributed by atoms with Crippen LogP contribution in [0.4, 0.5) is 0 Å². The van der Waals surface area contributed by atoms with Crippen LogP contribution >= 0.6 is 22.7 Å².